The standard InChI is InChI=1S/C24H32FN3O3S/c1-4-17(3)14-27(24(30)26-5-2)15-23(29)28-12-10-22-20(11-13-32-22)21(28)16-31-19-8-6-18(25)7-9-19/h6-9,11,13,17,21H,4-5,10,12,14-16H2,1-3H3,(H,26,30). The molecule has 0 bridgehead atoms. The summed E-state index contributed by atoms with van der Waals surface area (Å²) in [6.07, 6.45) is 1.72. The summed E-state index contributed by atoms with van der Waals surface area (Å²) in [4.78, 5) is 30.7. The number of carbonyl (C=O) groups is 2. The number of hydrogen-bond acceptors (Lipinski definition) is 4. The third-order valence-electron chi connectivity index (χ3n) is 5.81. The molecule has 1 N–H and O–H groups in total. The summed E-state index contributed by atoms with van der Waals surface area (Å²) >= 11 is 1.69. The molecular weight excluding hydrogens is 429 g/mol. The van der Waals surface area contributed by atoms with Crippen LogP contribution in [0.25, 0.3) is 0 Å². The number of halogens is 1. The summed E-state index contributed by atoms with van der Waals surface area (Å²) in [5.74, 6) is 0.442. The minimum absolute atomic E-state index is 0.0304. The highest BCUT2D eigenvalue weighted by atomic mass is 32.1. The molecular formula is C24H32FN3O3S. The predicted octanol–water partition coefficient (Wildman–Crippen LogP) is 4.47. The number of urea groups is 1. The average Bonchev–Trinajstić information content (AvgIpc) is 3.27. The van der Waals surface area contributed by atoms with E-state index >= 15 is 0 Å². The van der Waals surface area contributed by atoms with Gasteiger partial charge in [-0.05, 0) is 60.5 Å². The highest BCUT2D eigenvalue weighted by Gasteiger charge is 2.33. The zero-order valence-electron chi connectivity index (χ0n) is 19.0. The van der Waals surface area contributed by atoms with E-state index in [4.69, 9.17) is 4.74 Å². The molecule has 0 spiro atoms. The van der Waals surface area contributed by atoms with E-state index in [2.05, 4.69) is 19.2 Å². The van der Waals surface area contributed by atoms with E-state index in [0.29, 0.717) is 31.3 Å². The number of hydrogen-bond donors (Lipinski definition) is 1. The van der Waals surface area contributed by atoms with Crippen LogP contribution in [0.5, 0.6) is 5.75 Å². The Bertz CT molecular complexity index is 902. The number of nitrogens with one attached hydrogen (secondary N) is 1. The lowest BCUT2D eigenvalue weighted by molar-refractivity contribution is -0.135. The third kappa shape index (κ3) is 6.00. The number of amides is 3. The molecule has 2 unspecified atom stereocenters. The van der Waals surface area contributed by atoms with Crippen molar-refractivity contribution in [3.63, 3.8) is 0 Å². The Morgan fingerprint density at radius 2 is 2.03 bits per heavy atom. The van der Waals surface area contributed by atoms with Crippen molar-refractivity contribution >= 4 is 23.3 Å². The van der Waals surface area contributed by atoms with Crippen LogP contribution < -0.4 is 10.1 Å². The van der Waals surface area contributed by atoms with Gasteiger partial charge in [0.1, 0.15) is 24.7 Å². The Morgan fingerprint density at radius 3 is 2.72 bits per heavy atom. The van der Waals surface area contributed by atoms with Crippen LogP contribution in [0.1, 0.15) is 43.7 Å². The average molecular weight is 462 g/mol. The molecule has 2 atom stereocenters. The molecule has 3 amide bonds. The van der Waals surface area contributed by atoms with Crippen LogP contribution >= 0.6 is 11.3 Å². The molecule has 0 radical (unpaired) electrons. The lowest BCUT2D eigenvalue weighted by Crippen LogP contribution is -2.50. The van der Waals surface area contributed by atoms with Gasteiger partial charge in [0.25, 0.3) is 0 Å². The summed E-state index contributed by atoms with van der Waals surface area (Å²) in [6, 6.07) is 7.46. The molecule has 1 aromatic heterocycles. The Labute approximate surface area is 193 Å². The molecule has 0 aliphatic carbocycles. The van der Waals surface area contributed by atoms with Gasteiger partial charge in [-0.1, -0.05) is 20.3 Å². The second-order valence-corrected chi connectivity index (χ2v) is 9.15. The maximum Gasteiger partial charge on any atom is 0.317 e. The molecule has 2 heterocycles. The number of thiophene rings is 1. The maximum absolute atomic E-state index is 13.4. The topological polar surface area (TPSA) is 61.9 Å². The lowest BCUT2D eigenvalue weighted by Gasteiger charge is -2.37. The molecule has 6 nitrogen and oxygen atoms in total. The molecule has 1 aromatic carbocycles. The molecule has 1 aliphatic rings. The van der Waals surface area contributed by atoms with Gasteiger partial charge in [-0.3, -0.25) is 4.79 Å². The number of rotatable bonds is 9. The van der Waals surface area contributed by atoms with Gasteiger partial charge >= 0.3 is 6.03 Å². The zero-order chi connectivity index (χ0) is 23.1. The number of fused-ring (bicyclic) bond motifs is 1. The molecule has 0 fully saturated rings. The second kappa shape index (κ2) is 11.3. The van der Waals surface area contributed by atoms with Crippen molar-refractivity contribution in [3.8, 4) is 5.75 Å². The van der Waals surface area contributed by atoms with E-state index in [1.165, 1.54) is 17.0 Å². The first-order chi connectivity index (χ1) is 15.4. The van der Waals surface area contributed by atoms with E-state index in [0.717, 1.165) is 18.4 Å². The fourth-order valence-corrected chi connectivity index (χ4v) is 4.75. The van der Waals surface area contributed by atoms with Gasteiger partial charge in [0.15, 0.2) is 0 Å². The monoisotopic (exact) mass is 461 g/mol. The van der Waals surface area contributed by atoms with Crippen LogP contribution in [0, 0.1) is 11.7 Å². The Kier molecular flexibility index (Phi) is 8.50. The summed E-state index contributed by atoms with van der Waals surface area (Å²) < 4.78 is 19.1. The lowest BCUT2D eigenvalue weighted by atomic mass is 10.00. The van der Waals surface area contributed by atoms with Crippen LogP contribution in [-0.4, -0.2) is 54.5 Å². The first-order valence-corrected chi connectivity index (χ1v) is 12.1. The van der Waals surface area contributed by atoms with Crippen LogP contribution in [0.3, 0.4) is 0 Å². The first-order valence-electron chi connectivity index (χ1n) is 11.2. The maximum atomic E-state index is 13.4. The molecule has 8 heteroatoms. The van der Waals surface area contributed by atoms with Gasteiger partial charge in [-0.15, -0.1) is 11.3 Å². The van der Waals surface area contributed by atoms with E-state index in [9.17, 15) is 14.0 Å². The van der Waals surface area contributed by atoms with Crippen LogP contribution in [0.2, 0.25) is 0 Å². The van der Waals surface area contributed by atoms with E-state index in [-0.39, 0.29) is 36.9 Å². The van der Waals surface area contributed by atoms with Gasteiger partial charge in [0.2, 0.25) is 5.91 Å². The van der Waals surface area contributed by atoms with Crippen LogP contribution in [0.4, 0.5) is 9.18 Å². The number of nitrogens with zero attached hydrogens (tertiary/aromatic N) is 2. The molecule has 1 aliphatic heterocycles. The predicted molar refractivity (Wildman–Crippen MR) is 124 cm³/mol. The molecule has 3 rings (SSSR count). The van der Waals surface area contributed by atoms with Crippen LogP contribution in [0.15, 0.2) is 35.7 Å². The molecule has 0 saturated carbocycles. The van der Waals surface area contributed by atoms with E-state index in [1.807, 2.05) is 23.3 Å². The fraction of sp³-hybridized carbons (Fsp3) is 0.500. The Balaban J connectivity index is 1.75. The normalized spacial score (nSPS) is 16.2. The summed E-state index contributed by atoms with van der Waals surface area (Å²) in [5.41, 5.74) is 1.09. The van der Waals surface area contributed by atoms with Gasteiger partial charge in [0, 0.05) is 24.5 Å². The summed E-state index contributed by atoms with van der Waals surface area (Å²) in [7, 11) is 0. The summed E-state index contributed by atoms with van der Waals surface area (Å²) in [6.45, 7) is 7.95. The minimum atomic E-state index is -0.321. The van der Waals surface area contributed by atoms with Crippen molar-refractivity contribution in [1.82, 2.24) is 15.1 Å². The Hall–Kier alpha value is -2.61. The number of benzene rings is 1. The molecule has 32 heavy (non-hydrogen) atoms. The quantitative estimate of drug-likeness (QED) is 0.599. The second-order valence-electron chi connectivity index (χ2n) is 8.15. The number of carbonyl (C=O) groups excluding carboxylic acids is 2. The largest absolute Gasteiger partial charge is 0.491 e. The van der Waals surface area contributed by atoms with Gasteiger partial charge in [-0.2, -0.15) is 0 Å². The van der Waals surface area contributed by atoms with Crippen molar-refractivity contribution in [2.75, 3.05) is 32.8 Å². The van der Waals surface area contributed by atoms with Crippen molar-refractivity contribution < 1.29 is 18.7 Å². The van der Waals surface area contributed by atoms with Crippen LogP contribution in [-0.2, 0) is 11.2 Å². The number of ether oxygens (including phenoxy) is 1. The SMILES string of the molecule is CCNC(=O)N(CC(=O)N1CCc2sccc2C1COc1ccc(F)cc1)CC(C)CC. The third-order valence-corrected chi connectivity index (χ3v) is 6.80. The molecule has 0 saturated heterocycles. The first kappa shape index (κ1) is 24.0. The highest BCUT2D eigenvalue weighted by molar-refractivity contribution is 7.10. The highest BCUT2D eigenvalue weighted by Crippen LogP contribution is 2.34. The molecule has 174 valence electrons. The molecule has 2 aromatic rings. The fourth-order valence-electron chi connectivity index (χ4n) is 3.82. The van der Waals surface area contributed by atoms with Gasteiger partial charge in [0.05, 0.1) is 6.04 Å². The van der Waals surface area contributed by atoms with E-state index in [1.54, 1.807) is 28.4 Å². The summed E-state index contributed by atoms with van der Waals surface area (Å²) in [5, 5.41) is 4.86. The van der Waals surface area contributed by atoms with Crippen molar-refractivity contribution in [1.29, 1.82) is 0 Å². The van der Waals surface area contributed by atoms with Crippen molar-refractivity contribution in [3.05, 3.63) is 52.0 Å². The minimum Gasteiger partial charge on any atom is -0.491 e. The van der Waals surface area contributed by atoms with Gasteiger partial charge in [-0.25, -0.2) is 9.18 Å². The Morgan fingerprint density at radius 1 is 1.28 bits per heavy atom. The van der Waals surface area contributed by atoms with Crippen molar-refractivity contribution in [2.45, 2.75) is 39.7 Å². The van der Waals surface area contributed by atoms with E-state index < -0.39 is 0 Å². The smallest absolute Gasteiger partial charge is 0.317 e. The van der Waals surface area contributed by atoms with Gasteiger partial charge < -0.3 is 19.9 Å². The van der Waals surface area contributed by atoms with Crippen molar-refractivity contribution in [2.24, 2.45) is 5.92 Å². The zero-order valence-corrected chi connectivity index (χ0v) is 19.8.